The van der Waals surface area contributed by atoms with E-state index >= 15 is 0 Å². The number of nitrogens with one attached hydrogen (secondary N) is 1. The molecule has 4 aromatic rings. The molecular weight excluding hydrogens is 332 g/mol. The minimum absolute atomic E-state index is 0.0978. The molecule has 0 aliphatic heterocycles. The molecule has 0 unspecified atom stereocenters. The predicted molar refractivity (Wildman–Crippen MR) is 99.4 cm³/mol. The van der Waals surface area contributed by atoms with E-state index in [1.54, 1.807) is 18.6 Å². The summed E-state index contributed by atoms with van der Waals surface area (Å²) in [6, 6.07) is 13.3. The van der Waals surface area contributed by atoms with Gasteiger partial charge < -0.3 is 5.32 Å². The molecule has 3 aromatic heterocycles. The third-order valence-corrected chi connectivity index (χ3v) is 4.66. The Labute approximate surface area is 148 Å². The number of anilines is 1. The number of aromatic nitrogens is 3. The average molecular weight is 346 g/mol. The molecule has 1 amide bonds. The van der Waals surface area contributed by atoms with Gasteiger partial charge >= 0.3 is 0 Å². The van der Waals surface area contributed by atoms with Crippen molar-refractivity contribution in [2.75, 3.05) is 5.32 Å². The number of benzene rings is 1. The van der Waals surface area contributed by atoms with Crippen LogP contribution in [0.25, 0.3) is 21.5 Å². The number of fused-ring (bicyclic) bond motifs is 1. The van der Waals surface area contributed by atoms with Crippen molar-refractivity contribution in [1.29, 1.82) is 0 Å². The summed E-state index contributed by atoms with van der Waals surface area (Å²) < 4.78 is 0. The summed E-state index contributed by atoms with van der Waals surface area (Å²) in [6.07, 6.45) is 5.47. The lowest BCUT2D eigenvalue weighted by Gasteiger charge is -2.07. The van der Waals surface area contributed by atoms with E-state index in [-0.39, 0.29) is 12.3 Å². The molecule has 0 fully saturated rings. The van der Waals surface area contributed by atoms with Crippen LogP contribution in [0.1, 0.15) is 5.69 Å². The number of rotatable bonds is 4. The molecule has 4 rings (SSSR count). The molecule has 1 N–H and O–H groups in total. The summed E-state index contributed by atoms with van der Waals surface area (Å²) in [4.78, 5) is 25.3. The maximum Gasteiger partial charge on any atom is 0.230 e. The lowest BCUT2D eigenvalue weighted by Crippen LogP contribution is -2.14. The Balaban J connectivity index is 1.50. The molecule has 6 heteroatoms. The minimum Gasteiger partial charge on any atom is -0.325 e. The molecule has 0 atom stereocenters. The largest absolute Gasteiger partial charge is 0.325 e. The fourth-order valence-corrected chi connectivity index (χ4v) is 3.39. The number of carbonyl (C=O) groups is 1. The van der Waals surface area contributed by atoms with E-state index in [0.717, 1.165) is 32.9 Å². The molecule has 0 saturated carbocycles. The van der Waals surface area contributed by atoms with Crippen LogP contribution in [0, 0.1) is 0 Å². The molecule has 0 aliphatic carbocycles. The zero-order valence-electron chi connectivity index (χ0n) is 13.2. The highest BCUT2D eigenvalue weighted by Crippen LogP contribution is 2.24. The van der Waals surface area contributed by atoms with Gasteiger partial charge in [0.15, 0.2) is 0 Å². The third kappa shape index (κ3) is 3.39. The van der Waals surface area contributed by atoms with Gasteiger partial charge in [-0.1, -0.05) is 6.07 Å². The van der Waals surface area contributed by atoms with Crippen molar-refractivity contribution in [2.24, 2.45) is 0 Å². The van der Waals surface area contributed by atoms with Crippen LogP contribution in [-0.2, 0) is 11.2 Å². The van der Waals surface area contributed by atoms with Crippen molar-refractivity contribution in [3.05, 3.63) is 72.1 Å². The van der Waals surface area contributed by atoms with Crippen LogP contribution in [-0.4, -0.2) is 20.9 Å². The second-order valence-electron chi connectivity index (χ2n) is 5.49. The molecule has 0 spiro atoms. The van der Waals surface area contributed by atoms with Crippen LogP contribution in [0.4, 0.5) is 5.69 Å². The molecule has 0 bridgehead atoms. The van der Waals surface area contributed by atoms with Gasteiger partial charge in [0.05, 0.1) is 23.3 Å². The second-order valence-corrected chi connectivity index (χ2v) is 6.34. The van der Waals surface area contributed by atoms with Gasteiger partial charge in [-0.2, -0.15) is 0 Å². The summed E-state index contributed by atoms with van der Waals surface area (Å²) in [5.41, 5.74) is 3.32. The number of thiazole rings is 1. The van der Waals surface area contributed by atoms with E-state index in [4.69, 9.17) is 0 Å². The summed E-state index contributed by atoms with van der Waals surface area (Å²) in [5.74, 6) is -0.0978. The van der Waals surface area contributed by atoms with E-state index in [9.17, 15) is 4.79 Å². The Hall–Kier alpha value is -3.12. The van der Waals surface area contributed by atoms with Crippen LogP contribution in [0.3, 0.4) is 0 Å². The van der Waals surface area contributed by atoms with Crippen LogP contribution >= 0.6 is 11.3 Å². The second kappa shape index (κ2) is 6.78. The van der Waals surface area contributed by atoms with Gasteiger partial charge in [0.25, 0.3) is 0 Å². The van der Waals surface area contributed by atoms with Gasteiger partial charge in [0.2, 0.25) is 5.91 Å². The summed E-state index contributed by atoms with van der Waals surface area (Å²) in [6.45, 7) is 0. The van der Waals surface area contributed by atoms with Gasteiger partial charge in [0.1, 0.15) is 5.01 Å². The molecular formula is C19H14N4OS. The lowest BCUT2D eigenvalue weighted by atomic mass is 10.2. The van der Waals surface area contributed by atoms with E-state index in [0.29, 0.717) is 0 Å². The number of hydrogen-bond acceptors (Lipinski definition) is 5. The van der Waals surface area contributed by atoms with E-state index in [2.05, 4.69) is 20.3 Å². The van der Waals surface area contributed by atoms with E-state index in [1.165, 1.54) is 11.3 Å². The van der Waals surface area contributed by atoms with Crippen molar-refractivity contribution < 1.29 is 4.79 Å². The molecule has 1 aromatic carbocycles. The molecule has 0 radical (unpaired) electrons. The van der Waals surface area contributed by atoms with Gasteiger partial charge in [-0.05, 0) is 36.4 Å². The van der Waals surface area contributed by atoms with E-state index < -0.39 is 0 Å². The monoisotopic (exact) mass is 346 g/mol. The van der Waals surface area contributed by atoms with Gasteiger partial charge in [-0.15, -0.1) is 11.3 Å². The van der Waals surface area contributed by atoms with Crippen molar-refractivity contribution in [3.8, 4) is 10.6 Å². The number of amides is 1. The first-order valence-corrected chi connectivity index (χ1v) is 8.66. The SMILES string of the molecule is O=C(Cc1csc(-c2cccnc2)n1)Nc1cccc2ncccc12. The normalized spacial score (nSPS) is 10.7. The Morgan fingerprint density at radius 3 is 2.88 bits per heavy atom. The Morgan fingerprint density at radius 1 is 1.08 bits per heavy atom. The van der Waals surface area contributed by atoms with Crippen molar-refractivity contribution in [1.82, 2.24) is 15.0 Å². The maximum atomic E-state index is 12.4. The minimum atomic E-state index is -0.0978. The first-order chi connectivity index (χ1) is 12.3. The number of nitrogens with zero attached hydrogens (tertiary/aromatic N) is 3. The molecule has 5 nitrogen and oxygen atoms in total. The fraction of sp³-hybridized carbons (Fsp3) is 0.0526. The quantitative estimate of drug-likeness (QED) is 0.608. The zero-order valence-corrected chi connectivity index (χ0v) is 14.0. The highest BCUT2D eigenvalue weighted by Gasteiger charge is 2.11. The lowest BCUT2D eigenvalue weighted by molar-refractivity contribution is -0.115. The van der Waals surface area contributed by atoms with E-state index in [1.807, 2.05) is 47.8 Å². The topological polar surface area (TPSA) is 67.8 Å². The average Bonchev–Trinajstić information content (AvgIpc) is 3.11. The Bertz CT molecular complexity index is 1020. The highest BCUT2D eigenvalue weighted by molar-refractivity contribution is 7.13. The summed E-state index contributed by atoms with van der Waals surface area (Å²) in [7, 11) is 0. The summed E-state index contributed by atoms with van der Waals surface area (Å²) in [5, 5.41) is 6.65. The molecule has 3 heterocycles. The van der Waals surface area contributed by atoms with Crippen LogP contribution in [0.2, 0.25) is 0 Å². The summed E-state index contributed by atoms with van der Waals surface area (Å²) >= 11 is 1.51. The number of carbonyl (C=O) groups excluding carboxylic acids is 1. The molecule has 0 aliphatic rings. The maximum absolute atomic E-state index is 12.4. The van der Waals surface area contributed by atoms with Gasteiger partial charge in [0, 0.05) is 34.9 Å². The molecule has 25 heavy (non-hydrogen) atoms. The smallest absolute Gasteiger partial charge is 0.230 e. The van der Waals surface area contributed by atoms with Gasteiger partial charge in [-0.25, -0.2) is 4.98 Å². The van der Waals surface area contributed by atoms with Crippen LogP contribution in [0.15, 0.2) is 66.4 Å². The van der Waals surface area contributed by atoms with Crippen molar-refractivity contribution in [2.45, 2.75) is 6.42 Å². The molecule has 122 valence electrons. The van der Waals surface area contributed by atoms with Crippen molar-refractivity contribution in [3.63, 3.8) is 0 Å². The predicted octanol–water partition coefficient (Wildman–Crippen LogP) is 3.93. The Morgan fingerprint density at radius 2 is 2.00 bits per heavy atom. The number of pyridine rings is 2. The standard InChI is InChI=1S/C19H14N4OS/c24-18(23-17-7-1-6-16-15(17)5-3-9-21-16)10-14-12-25-19(22-14)13-4-2-8-20-11-13/h1-9,11-12H,10H2,(H,23,24). The number of hydrogen-bond donors (Lipinski definition) is 1. The van der Waals surface area contributed by atoms with Crippen molar-refractivity contribution >= 4 is 33.8 Å². The fourth-order valence-electron chi connectivity index (χ4n) is 2.58. The van der Waals surface area contributed by atoms with Crippen LogP contribution < -0.4 is 5.32 Å². The van der Waals surface area contributed by atoms with Gasteiger partial charge in [-0.3, -0.25) is 14.8 Å². The first-order valence-electron chi connectivity index (χ1n) is 7.78. The zero-order chi connectivity index (χ0) is 17.1. The Kier molecular flexibility index (Phi) is 4.18. The molecule has 0 saturated heterocycles. The highest BCUT2D eigenvalue weighted by atomic mass is 32.1. The van der Waals surface area contributed by atoms with Crippen LogP contribution in [0.5, 0.6) is 0 Å². The third-order valence-electron chi connectivity index (χ3n) is 3.72. The first kappa shape index (κ1) is 15.4.